The molecule has 0 aromatic carbocycles. The molecule has 3 fully saturated rings. The van der Waals surface area contributed by atoms with Gasteiger partial charge in [0, 0.05) is 14.2 Å². The molecule has 3 rings (SSSR count). The zero-order valence-electron chi connectivity index (χ0n) is 25.5. The Hall–Kier alpha value is -0.720. The van der Waals surface area contributed by atoms with Crippen LogP contribution in [0.4, 0.5) is 0 Å². The normalized spacial score (nSPS) is 44.5. The van der Waals surface area contributed by atoms with Crippen LogP contribution < -0.4 is 0 Å². The SMILES string of the molecule is CO[C@H]1OC(CO)[C@@H](O[C@@H]2OC(COCC(O)C[N+](C)(C)C)[C@@H](O[C@@H]3OC(CO)[C@@H](OC)[C@H](O)C3O)[C@H](O)C2O)[C@H](O)C1O. The summed E-state index contributed by atoms with van der Waals surface area (Å²) < 4.78 is 44.7. The Morgan fingerprint density at radius 2 is 1.05 bits per heavy atom. The van der Waals surface area contributed by atoms with Gasteiger partial charge < -0.3 is 88.3 Å². The topological polar surface area (TPSA) is 256 Å². The van der Waals surface area contributed by atoms with Crippen molar-refractivity contribution in [1.29, 1.82) is 0 Å². The fourth-order valence-electron chi connectivity index (χ4n) is 5.51. The van der Waals surface area contributed by atoms with Gasteiger partial charge in [-0.15, -0.1) is 0 Å². The quantitative estimate of drug-likeness (QED) is 0.0794. The molecule has 0 aliphatic carbocycles. The third-order valence-electron chi connectivity index (χ3n) is 7.72. The van der Waals surface area contributed by atoms with Crippen LogP contribution in [-0.4, -0.2) is 217 Å². The highest BCUT2D eigenvalue weighted by Gasteiger charge is 2.53. The second-order valence-corrected chi connectivity index (χ2v) is 12.2. The fourth-order valence-corrected chi connectivity index (χ4v) is 5.51. The van der Waals surface area contributed by atoms with Crippen LogP contribution in [0.2, 0.25) is 0 Å². The Morgan fingerprint density at radius 3 is 1.52 bits per heavy atom. The Balaban J connectivity index is 1.80. The molecule has 16 atom stereocenters. The van der Waals surface area contributed by atoms with Gasteiger partial charge in [-0.2, -0.15) is 0 Å². The van der Waals surface area contributed by atoms with E-state index in [0.29, 0.717) is 11.0 Å². The van der Waals surface area contributed by atoms with E-state index in [1.807, 2.05) is 21.1 Å². The smallest absolute Gasteiger partial charge is 0.187 e. The third kappa shape index (κ3) is 9.00. The van der Waals surface area contributed by atoms with Crippen LogP contribution in [0, 0.1) is 0 Å². The van der Waals surface area contributed by atoms with Gasteiger partial charge >= 0.3 is 0 Å². The summed E-state index contributed by atoms with van der Waals surface area (Å²) in [5.41, 5.74) is 0. The van der Waals surface area contributed by atoms with Gasteiger partial charge in [-0.3, -0.25) is 0 Å². The lowest BCUT2D eigenvalue weighted by Crippen LogP contribution is -2.66. The first-order valence-corrected chi connectivity index (χ1v) is 14.4. The second-order valence-electron chi connectivity index (χ2n) is 12.2. The van der Waals surface area contributed by atoms with Crippen LogP contribution in [0.3, 0.4) is 0 Å². The Labute approximate surface area is 255 Å². The molecule has 18 nitrogen and oxygen atoms in total. The van der Waals surface area contributed by atoms with E-state index in [0.717, 1.165) is 0 Å². The molecular formula is C26H50NO17+. The van der Waals surface area contributed by atoms with Crippen LogP contribution >= 0.6 is 0 Å². The molecule has 3 heterocycles. The molecule has 3 aliphatic heterocycles. The zero-order chi connectivity index (χ0) is 32.9. The van der Waals surface area contributed by atoms with Crippen LogP contribution in [0.15, 0.2) is 0 Å². The van der Waals surface area contributed by atoms with Gasteiger partial charge in [0.1, 0.15) is 85.9 Å². The van der Waals surface area contributed by atoms with Gasteiger partial charge in [-0.25, -0.2) is 0 Å². The summed E-state index contributed by atoms with van der Waals surface area (Å²) in [5, 5.41) is 94.3. The second kappa shape index (κ2) is 16.4. The van der Waals surface area contributed by atoms with E-state index in [9.17, 15) is 46.0 Å². The van der Waals surface area contributed by atoms with Gasteiger partial charge in [-0.1, -0.05) is 0 Å². The highest BCUT2D eigenvalue weighted by molar-refractivity contribution is 4.96. The molecule has 0 spiro atoms. The van der Waals surface area contributed by atoms with Crippen molar-refractivity contribution < 1.29 is 88.3 Å². The van der Waals surface area contributed by atoms with Crippen molar-refractivity contribution in [3.63, 3.8) is 0 Å². The third-order valence-corrected chi connectivity index (χ3v) is 7.72. The van der Waals surface area contributed by atoms with Gasteiger partial charge in [0.05, 0.1) is 47.6 Å². The van der Waals surface area contributed by atoms with E-state index in [1.54, 1.807) is 0 Å². The molecule has 0 aromatic heterocycles. The predicted molar refractivity (Wildman–Crippen MR) is 143 cm³/mol. The first kappa shape index (κ1) is 37.7. The standard InChI is InChI=1S/C26H50NO17/c1-27(2,3)6-11(30)9-39-10-14-23(44-25-19(35)15(31)21(37-4)12(7-28)41-25)17(33)20(36)26(42-14)43-22-13(8-29)40-24(38-5)18(34)16(22)32/h11-26,28-36H,6-10H2,1-5H3/q+1/t11?,12?,13?,14?,15-,16-,17-,18?,19?,20?,21-,22-,23-,24+,25+,26+/m1/s1. The van der Waals surface area contributed by atoms with Gasteiger partial charge in [0.15, 0.2) is 18.9 Å². The summed E-state index contributed by atoms with van der Waals surface area (Å²) in [7, 11) is 8.12. The molecule has 3 aliphatic rings. The van der Waals surface area contributed by atoms with Crippen LogP contribution in [0.1, 0.15) is 0 Å². The number of likely N-dealkylation sites (N-methyl/N-ethyl adjacent to an activating group) is 1. The molecule has 0 bridgehead atoms. The molecule has 0 amide bonds. The predicted octanol–water partition coefficient (Wildman–Crippen LogP) is -6.17. The van der Waals surface area contributed by atoms with E-state index in [1.165, 1.54) is 14.2 Å². The molecular weight excluding hydrogens is 598 g/mol. The van der Waals surface area contributed by atoms with Crippen LogP contribution in [-0.2, 0) is 37.9 Å². The summed E-state index contributed by atoms with van der Waals surface area (Å²) in [4.78, 5) is 0. The molecule has 18 heteroatoms. The maximum atomic E-state index is 11.2. The highest BCUT2D eigenvalue weighted by Crippen LogP contribution is 2.33. The van der Waals surface area contributed by atoms with Crippen LogP contribution in [0.5, 0.6) is 0 Å². The van der Waals surface area contributed by atoms with Crippen LogP contribution in [0.25, 0.3) is 0 Å². The van der Waals surface area contributed by atoms with E-state index in [-0.39, 0.29) is 13.2 Å². The number of aliphatic hydroxyl groups excluding tert-OH is 9. The number of hydrogen-bond donors (Lipinski definition) is 9. The maximum Gasteiger partial charge on any atom is 0.187 e. The lowest BCUT2D eigenvalue weighted by molar-refractivity contribution is -0.873. The average molecular weight is 649 g/mol. The molecule has 0 aromatic rings. The lowest BCUT2D eigenvalue weighted by atomic mass is 9.96. The monoisotopic (exact) mass is 648 g/mol. The zero-order valence-corrected chi connectivity index (χ0v) is 25.5. The first-order valence-electron chi connectivity index (χ1n) is 14.4. The summed E-state index contributed by atoms with van der Waals surface area (Å²) in [5.74, 6) is 0. The number of hydrogen-bond acceptors (Lipinski definition) is 17. The maximum absolute atomic E-state index is 11.2. The van der Waals surface area contributed by atoms with Crippen molar-refractivity contribution in [2.75, 3.05) is 68.3 Å². The molecule has 9 N–H and O–H groups in total. The number of aliphatic hydroxyl groups is 9. The van der Waals surface area contributed by atoms with Crippen molar-refractivity contribution in [3.8, 4) is 0 Å². The summed E-state index contributed by atoms with van der Waals surface area (Å²) in [6.45, 7) is -1.43. The van der Waals surface area contributed by atoms with Crippen molar-refractivity contribution in [2.45, 2.75) is 98.2 Å². The van der Waals surface area contributed by atoms with Gasteiger partial charge in [0.25, 0.3) is 0 Å². The summed E-state index contributed by atoms with van der Waals surface area (Å²) in [6, 6.07) is 0. The first-order chi connectivity index (χ1) is 20.7. The minimum absolute atomic E-state index is 0.151. The van der Waals surface area contributed by atoms with E-state index in [2.05, 4.69) is 0 Å². The highest BCUT2D eigenvalue weighted by atomic mass is 16.8. The van der Waals surface area contributed by atoms with Gasteiger partial charge in [-0.05, 0) is 0 Å². The number of rotatable bonds is 14. The van der Waals surface area contributed by atoms with Gasteiger partial charge in [0.2, 0.25) is 0 Å². The molecule has 0 saturated carbocycles. The Bertz CT molecular complexity index is 848. The summed E-state index contributed by atoms with van der Waals surface area (Å²) in [6.07, 6.45) is -23.3. The minimum Gasteiger partial charge on any atom is -0.394 e. The lowest BCUT2D eigenvalue weighted by Gasteiger charge is -2.48. The van der Waals surface area contributed by atoms with E-state index in [4.69, 9.17) is 37.9 Å². The molecule has 7 unspecified atom stereocenters. The van der Waals surface area contributed by atoms with E-state index >= 15 is 0 Å². The van der Waals surface area contributed by atoms with Crippen molar-refractivity contribution >= 4 is 0 Å². The number of methoxy groups -OCH3 is 2. The number of quaternary nitrogens is 1. The fraction of sp³-hybridized carbons (Fsp3) is 1.00. The molecule has 260 valence electrons. The number of ether oxygens (including phenoxy) is 8. The van der Waals surface area contributed by atoms with E-state index < -0.39 is 111 Å². The Morgan fingerprint density at radius 1 is 0.614 bits per heavy atom. The average Bonchev–Trinajstić information content (AvgIpc) is 2.96. The summed E-state index contributed by atoms with van der Waals surface area (Å²) >= 11 is 0. The number of nitrogens with zero attached hydrogens (tertiary/aromatic N) is 1. The van der Waals surface area contributed by atoms with Crippen molar-refractivity contribution in [2.24, 2.45) is 0 Å². The van der Waals surface area contributed by atoms with Crippen molar-refractivity contribution in [1.82, 2.24) is 0 Å². The molecule has 44 heavy (non-hydrogen) atoms. The molecule has 0 radical (unpaired) electrons. The Kier molecular flexibility index (Phi) is 14.1. The molecule has 3 saturated heterocycles. The largest absolute Gasteiger partial charge is 0.394 e. The minimum atomic E-state index is -1.87. The van der Waals surface area contributed by atoms with Crippen molar-refractivity contribution in [3.05, 3.63) is 0 Å².